The molecule has 0 saturated carbocycles. The molecule has 24 nitrogen and oxygen atoms in total. The number of hydrogen-bond donors (Lipinski definition) is 12. The molecule has 0 bridgehead atoms. The zero-order chi connectivity index (χ0) is 48.5. The number of hydrogen-bond acceptors (Lipinski definition) is 24. The van der Waals surface area contributed by atoms with Gasteiger partial charge in [-0.2, -0.15) is 0 Å². The van der Waals surface area contributed by atoms with Crippen molar-refractivity contribution in [2.45, 2.75) is 126 Å². The number of phenols is 3. The van der Waals surface area contributed by atoms with Crippen LogP contribution in [0.4, 0.5) is 0 Å². The second kappa shape index (κ2) is 20.9. The van der Waals surface area contributed by atoms with Crippen molar-refractivity contribution in [3.05, 3.63) is 40.6 Å². The second-order valence-corrected chi connectivity index (χ2v) is 16.3. The van der Waals surface area contributed by atoms with Gasteiger partial charge in [0.05, 0.1) is 31.2 Å². The van der Waals surface area contributed by atoms with Crippen molar-refractivity contribution in [2.24, 2.45) is 11.8 Å². The third kappa shape index (κ3) is 10.3. The first-order valence-corrected chi connectivity index (χ1v) is 20.9. The molecule has 3 saturated heterocycles. The Balaban J connectivity index is 1.37. The third-order valence-electron chi connectivity index (χ3n) is 11.5. The molecule has 3 aromatic rings. The van der Waals surface area contributed by atoms with Gasteiger partial charge >= 0.3 is 11.9 Å². The molecule has 6 rings (SSSR count). The topological polar surface area (TPSA) is 381 Å². The number of fused-ring (bicyclic) bond motifs is 1. The maximum absolute atomic E-state index is 14.2. The summed E-state index contributed by atoms with van der Waals surface area (Å²) < 4.78 is 51.8. The lowest BCUT2D eigenvalue weighted by atomic mass is 9.97. The van der Waals surface area contributed by atoms with Crippen LogP contribution in [0, 0.1) is 11.8 Å². The number of phenolic OH excluding ortho intramolecular Hbond substituents is 3. The standard InChI is InChI=1S/C42H54O24/c1-5-14(2)39(57)64-37-35(65-41-33(55)31(53)28(50)24(63-41)13-58-38(56)15(3)11-43)26(48)16(4)59-42(37)60-18-9-21(47)25-22(10-18)61-34(17-6-7-19(45)20(46)8-17)36(29(25)51)66-40-32(54)30(52)27(49)23(12-44)62-40/h6-10,14-16,23-24,26-28,30-33,35,37,40-50,52-55H,5,11-13H2,1-4H3/t14-,15-,16-,23+,24+,26-,27+,28+,30-,31-,32+,33+,35+,37+,40-,41-,42-/m0/s1. The molecule has 0 spiro atoms. The highest BCUT2D eigenvalue weighted by atomic mass is 16.8. The molecule has 12 N–H and O–H groups in total. The zero-order valence-corrected chi connectivity index (χ0v) is 35.8. The predicted octanol–water partition coefficient (Wildman–Crippen LogP) is -2.44. The zero-order valence-electron chi connectivity index (χ0n) is 35.8. The molecule has 4 heterocycles. The molecule has 3 aliphatic rings. The first-order chi connectivity index (χ1) is 31.2. The number of benzene rings is 2. The molecule has 0 aliphatic carbocycles. The molecule has 3 fully saturated rings. The lowest BCUT2D eigenvalue weighted by Gasteiger charge is -2.46. The Labute approximate surface area is 374 Å². The van der Waals surface area contributed by atoms with Gasteiger partial charge in [-0.3, -0.25) is 14.4 Å². The van der Waals surface area contributed by atoms with Crippen molar-refractivity contribution in [3.63, 3.8) is 0 Å². The normalized spacial score (nSPS) is 33.4. The average molecular weight is 943 g/mol. The van der Waals surface area contributed by atoms with E-state index in [1.54, 1.807) is 6.92 Å². The summed E-state index contributed by atoms with van der Waals surface area (Å²) in [6.07, 6.45) is -26.2. The fraction of sp³-hybridized carbons (Fsp3) is 0.595. The van der Waals surface area contributed by atoms with E-state index < -0.39 is 181 Å². The Bertz CT molecular complexity index is 2230. The van der Waals surface area contributed by atoms with Crippen molar-refractivity contribution >= 4 is 22.9 Å². The van der Waals surface area contributed by atoms with Crippen LogP contribution in [0.2, 0.25) is 0 Å². The molecule has 0 amide bonds. The van der Waals surface area contributed by atoms with Gasteiger partial charge in [0, 0.05) is 17.7 Å². The number of carbonyl (C=O) groups excluding carboxylic acids is 2. The Morgan fingerprint density at radius 3 is 1.98 bits per heavy atom. The minimum absolute atomic E-state index is 0.130. The molecule has 17 atom stereocenters. The van der Waals surface area contributed by atoms with E-state index in [9.17, 15) is 75.7 Å². The lowest BCUT2D eigenvalue weighted by Crippen LogP contribution is -2.65. The smallest absolute Gasteiger partial charge is 0.311 e. The van der Waals surface area contributed by atoms with Crippen LogP contribution in [0.15, 0.2) is 39.5 Å². The summed E-state index contributed by atoms with van der Waals surface area (Å²) in [7, 11) is 0. The van der Waals surface area contributed by atoms with Crippen molar-refractivity contribution < 1.29 is 113 Å². The van der Waals surface area contributed by atoms with Gasteiger partial charge in [0.25, 0.3) is 0 Å². The molecule has 24 heteroatoms. The van der Waals surface area contributed by atoms with E-state index in [4.69, 9.17) is 42.3 Å². The van der Waals surface area contributed by atoms with Gasteiger partial charge in [-0.05, 0) is 38.5 Å². The highest BCUT2D eigenvalue weighted by Gasteiger charge is 2.53. The molecule has 0 unspecified atom stereocenters. The molecular weight excluding hydrogens is 888 g/mol. The second-order valence-electron chi connectivity index (χ2n) is 16.3. The molecule has 1 aromatic heterocycles. The predicted molar refractivity (Wildman–Crippen MR) is 216 cm³/mol. The summed E-state index contributed by atoms with van der Waals surface area (Å²) in [6, 6.07) is 5.19. The maximum atomic E-state index is 14.2. The summed E-state index contributed by atoms with van der Waals surface area (Å²) in [5.74, 6) is -7.10. The van der Waals surface area contributed by atoms with Crippen LogP contribution >= 0.6 is 0 Å². The first kappa shape index (κ1) is 50.5. The number of aromatic hydroxyl groups is 3. The fourth-order valence-corrected chi connectivity index (χ4v) is 7.18. The third-order valence-corrected chi connectivity index (χ3v) is 11.5. The van der Waals surface area contributed by atoms with E-state index >= 15 is 0 Å². The Morgan fingerprint density at radius 1 is 0.697 bits per heavy atom. The highest BCUT2D eigenvalue weighted by molar-refractivity contribution is 5.88. The Kier molecular flexibility index (Phi) is 16.0. The fourth-order valence-electron chi connectivity index (χ4n) is 7.18. The van der Waals surface area contributed by atoms with E-state index in [0.717, 1.165) is 24.3 Å². The van der Waals surface area contributed by atoms with Gasteiger partial charge in [0.15, 0.2) is 29.7 Å². The summed E-state index contributed by atoms with van der Waals surface area (Å²) in [4.78, 5) is 39.8. The van der Waals surface area contributed by atoms with Crippen LogP contribution in [0.5, 0.6) is 28.7 Å². The van der Waals surface area contributed by atoms with E-state index in [2.05, 4.69) is 0 Å². The van der Waals surface area contributed by atoms with Crippen LogP contribution in [0.25, 0.3) is 22.3 Å². The van der Waals surface area contributed by atoms with Gasteiger partial charge in [-0.25, -0.2) is 0 Å². The number of esters is 2. The first-order valence-electron chi connectivity index (χ1n) is 20.9. The summed E-state index contributed by atoms with van der Waals surface area (Å²) >= 11 is 0. The summed E-state index contributed by atoms with van der Waals surface area (Å²) in [6.45, 7) is 3.91. The van der Waals surface area contributed by atoms with Crippen molar-refractivity contribution in [1.29, 1.82) is 0 Å². The van der Waals surface area contributed by atoms with Gasteiger partial charge in [-0.1, -0.05) is 13.8 Å². The molecule has 3 aliphatic heterocycles. The summed E-state index contributed by atoms with van der Waals surface area (Å²) in [5, 5.41) is 125. The van der Waals surface area contributed by atoms with Gasteiger partial charge < -0.3 is 104 Å². The number of aliphatic hydroxyl groups is 9. The van der Waals surface area contributed by atoms with Crippen molar-refractivity contribution in [2.75, 3.05) is 19.8 Å². The minimum atomic E-state index is -2.01. The van der Waals surface area contributed by atoms with Crippen LogP contribution in [0.1, 0.15) is 34.1 Å². The molecule has 66 heavy (non-hydrogen) atoms. The van der Waals surface area contributed by atoms with Gasteiger partial charge in [0.2, 0.25) is 23.8 Å². The van der Waals surface area contributed by atoms with E-state index in [1.165, 1.54) is 26.8 Å². The monoisotopic (exact) mass is 942 g/mol. The Hall–Kier alpha value is -4.93. The maximum Gasteiger partial charge on any atom is 0.311 e. The van der Waals surface area contributed by atoms with Crippen molar-refractivity contribution in [1.82, 2.24) is 0 Å². The molecule has 2 aromatic carbocycles. The average Bonchev–Trinajstić information content (AvgIpc) is 3.29. The number of aliphatic hydroxyl groups excluding tert-OH is 9. The van der Waals surface area contributed by atoms with Crippen LogP contribution in [-0.4, -0.2) is 185 Å². The van der Waals surface area contributed by atoms with Crippen LogP contribution < -0.4 is 14.9 Å². The number of rotatable bonds is 15. The van der Waals surface area contributed by atoms with Crippen LogP contribution in [0.3, 0.4) is 0 Å². The number of ether oxygens (including phenoxy) is 8. The summed E-state index contributed by atoms with van der Waals surface area (Å²) in [5.41, 5.74) is -1.70. The molecule has 0 radical (unpaired) electrons. The van der Waals surface area contributed by atoms with Gasteiger partial charge in [-0.15, -0.1) is 0 Å². The van der Waals surface area contributed by atoms with Gasteiger partial charge in [0.1, 0.15) is 90.1 Å². The SMILES string of the molecule is CC[C@H](C)C(=O)O[C@H]1[C@H](Oc2cc(O)c3c(=O)c(O[C@@H]4O[C@H](CO)[C@@H](O)[C@H](O)[C@H]4O)c(-c4ccc(O)c(O)c4)oc3c2)O[C@@H](C)[C@H](O)[C@H]1O[C@@H]1O[C@H](COC(=O)[C@@H](C)CO)[C@@H](O)[C@H](O)[C@H]1O. The highest BCUT2D eigenvalue weighted by Crippen LogP contribution is 2.41. The van der Waals surface area contributed by atoms with E-state index in [-0.39, 0.29) is 17.7 Å². The lowest BCUT2D eigenvalue weighted by molar-refractivity contribution is -0.351. The van der Waals surface area contributed by atoms with E-state index in [1.807, 2.05) is 0 Å². The van der Waals surface area contributed by atoms with E-state index in [0.29, 0.717) is 0 Å². The molecule has 366 valence electrons. The Morgan fingerprint density at radius 2 is 1.35 bits per heavy atom. The molecular formula is C42H54O24. The quantitative estimate of drug-likeness (QED) is 0.0556. The minimum Gasteiger partial charge on any atom is -0.507 e. The largest absolute Gasteiger partial charge is 0.507 e. The van der Waals surface area contributed by atoms with Crippen LogP contribution in [-0.2, 0) is 38.0 Å². The van der Waals surface area contributed by atoms with Crippen molar-refractivity contribution in [3.8, 4) is 40.1 Å². The number of carbonyl (C=O) groups is 2.